The highest BCUT2D eigenvalue weighted by molar-refractivity contribution is 9.10. The van der Waals surface area contributed by atoms with Crippen LogP contribution in [0.3, 0.4) is 0 Å². The minimum Gasteiger partial charge on any atom is -0.379 e. The van der Waals surface area contributed by atoms with Gasteiger partial charge in [0.15, 0.2) is 0 Å². The molecule has 0 saturated carbocycles. The number of hydrogen-bond acceptors (Lipinski definition) is 6. The van der Waals surface area contributed by atoms with Gasteiger partial charge in [-0.1, -0.05) is 6.58 Å². The van der Waals surface area contributed by atoms with Crippen LogP contribution in [0.5, 0.6) is 0 Å². The Labute approximate surface area is 166 Å². The van der Waals surface area contributed by atoms with Crippen LogP contribution < -0.4 is 11.1 Å². The summed E-state index contributed by atoms with van der Waals surface area (Å²) in [5.74, 6) is -0.0415. The summed E-state index contributed by atoms with van der Waals surface area (Å²) >= 11 is 3.35. The first-order valence-corrected chi connectivity index (χ1v) is 9.83. The number of nitrogens with one attached hydrogen (secondary N) is 1. The minimum absolute atomic E-state index is 0.0239. The van der Waals surface area contributed by atoms with Gasteiger partial charge in [0.1, 0.15) is 16.0 Å². The lowest BCUT2D eigenvalue weighted by molar-refractivity contribution is -0.125. The molecule has 148 valence electrons. The van der Waals surface area contributed by atoms with Gasteiger partial charge in [-0.25, -0.2) is 4.68 Å². The van der Waals surface area contributed by atoms with E-state index in [9.17, 15) is 9.59 Å². The van der Waals surface area contributed by atoms with Crippen molar-refractivity contribution in [2.75, 3.05) is 57.8 Å². The van der Waals surface area contributed by atoms with E-state index in [1.54, 1.807) is 9.58 Å². The van der Waals surface area contributed by atoms with Crippen LogP contribution in [0.15, 0.2) is 17.3 Å². The first-order valence-electron chi connectivity index (χ1n) is 9.04. The van der Waals surface area contributed by atoms with Crippen LogP contribution >= 0.6 is 15.9 Å². The fourth-order valence-corrected chi connectivity index (χ4v) is 4.04. The maximum absolute atomic E-state index is 11.9. The Bertz CT molecular complexity index is 716. The zero-order valence-electron chi connectivity index (χ0n) is 15.2. The lowest BCUT2D eigenvalue weighted by atomic mass is 10.2. The molecule has 10 heteroatoms. The SMILES string of the molecule is C=CC(=O)N1CC[C@H](n2nc(Br)c(C(N)=O)c2NCCN2CCOCC2)C1. The zero-order valence-corrected chi connectivity index (χ0v) is 16.8. The molecular formula is C17H25BrN6O3. The zero-order chi connectivity index (χ0) is 19.4. The van der Waals surface area contributed by atoms with Crippen molar-refractivity contribution in [3.05, 3.63) is 22.8 Å². The van der Waals surface area contributed by atoms with E-state index in [-0.39, 0.29) is 11.9 Å². The van der Waals surface area contributed by atoms with Gasteiger partial charge in [-0.05, 0) is 28.4 Å². The second-order valence-electron chi connectivity index (χ2n) is 6.63. The van der Waals surface area contributed by atoms with Crippen molar-refractivity contribution >= 4 is 33.6 Å². The van der Waals surface area contributed by atoms with Crippen molar-refractivity contribution < 1.29 is 14.3 Å². The lowest BCUT2D eigenvalue weighted by Gasteiger charge is -2.27. The molecule has 0 unspecified atom stereocenters. The second kappa shape index (κ2) is 8.85. The molecule has 3 rings (SSSR count). The van der Waals surface area contributed by atoms with Gasteiger partial charge in [0.05, 0.1) is 19.3 Å². The predicted molar refractivity (Wildman–Crippen MR) is 105 cm³/mol. The normalized spacial score (nSPS) is 20.6. The smallest absolute Gasteiger partial charge is 0.255 e. The summed E-state index contributed by atoms with van der Waals surface area (Å²) in [5.41, 5.74) is 5.91. The van der Waals surface area contributed by atoms with Gasteiger partial charge in [-0.2, -0.15) is 5.10 Å². The van der Waals surface area contributed by atoms with Crippen molar-refractivity contribution in [1.29, 1.82) is 0 Å². The number of carbonyl (C=O) groups excluding carboxylic acids is 2. The third-order valence-corrected chi connectivity index (χ3v) is 5.49. The maximum atomic E-state index is 11.9. The number of morpholine rings is 1. The molecule has 3 N–H and O–H groups in total. The molecule has 2 amide bonds. The van der Waals surface area contributed by atoms with E-state index >= 15 is 0 Å². The molecule has 2 fully saturated rings. The highest BCUT2D eigenvalue weighted by Gasteiger charge is 2.31. The van der Waals surface area contributed by atoms with Crippen LogP contribution in [0.25, 0.3) is 0 Å². The van der Waals surface area contributed by atoms with E-state index in [0.29, 0.717) is 35.6 Å². The van der Waals surface area contributed by atoms with E-state index in [1.165, 1.54) is 6.08 Å². The van der Waals surface area contributed by atoms with Gasteiger partial charge in [0.25, 0.3) is 5.91 Å². The average Bonchev–Trinajstić information content (AvgIpc) is 3.26. The largest absolute Gasteiger partial charge is 0.379 e. The summed E-state index contributed by atoms with van der Waals surface area (Å²) in [4.78, 5) is 27.8. The Balaban J connectivity index is 1.73. The van der Waals surface area contributed by atoms with E-state index in [1.807, 2.05) is 0 Å². The number of aromatic nitrogens is 2. The van der Waals surface area contributed by atoms with Crippen LogP contribution in [0.1, 0.15) is 22.8 Å². The summed E-state index contributed by atoms with van der Waals surface area (Å²) in [7, 11) is 0. The Morgan fingerprint density at radius 2 is 2.11 bits per heavy atom. The molecule has 2 saturated heterocycles. The second-order valence-corrected chi connectivity index (χ2v) is 7.39. The van der Waals surface area contributed by atoms with Crippen LogP contribution in [-0.4, -0.2) is 83.9 Å². The molecule has 0 spiro atoms. The number of nitrogens with two attached hydrogens (primary N) is 1. The summed E-state index contributed by atoms with van der Waals surface area (Å²) in [6.07, 6.45) is 2.07. The van der Waals surface area contributed by atoms with Crippen LogP contribution in [0.4, 0.5) is 5.82 Å². The first kappa shape index (κ1) is 19.8. The van der Waals surface area contributed by atoms with Crippen molar-refractivity contribution in [3.63, 3.8) is 0 Å². The van der Waals surface area contributed by atoms with Crippen molar-refractivity contribution in [1.82, 2.24) is 19.6 Å². The maximum Gasteiger partial charge on any atom is 0.255 e. The number of ether oxygens (including phenoxy) is 1. The van der Waals surface area contributed by atoms with Crippen LogP contribution in [0.2, 0.25) is 0 Å². The first-order chi connectivity index (χ1) is 13.0. The monoisotopic (exact) mass is 440 g/mol. The third kappa shape index (κ3) is 4.50. The Hall–Kier alpha value is -1.91. The van der Waals surface area contributed by atoms with E-state index in [0.717, 1.165) is 39.3 Å². The van der Waals surface area contributed by atoms with Crippen molar-refractivity contribution in [2.24, 2.45) is 5.73 Å². The molecule has 0 aliphatic carbocycles. The highest BCUT2D eigenvalue weighted by atomic mass is 79.9. The minimum atomic E-state index is -0.543. The molecule has 3 heterocycles. The molecule has 27 heavy (non-hydrogen) atoms. The fourth-order valence-electron chi connectivity index (χ4n) is 3.49. The molecule has 1 aromatic heterocycles. The number of amides is 2. The van der Waals surface area contributed by atoms with E-state index in [2.05, 4.69) is 37.8 Å². The molecule has 1 aromatic rings. The van der Waals surface area contributed by atoms with E-state index in [4.69, 9.17) is 10.5 Å². The number of halogens is 1. The van der Waals surface area contributed by atoms with Crippen LogP contribution in [-0.2, 0) is 9.53 Å². The third-order valence-electron chi connectivity index (χ3n) is 4.93. The standard InChI is InChI=1S/C17H25BrN6O3/c1-2-13(25)23-5-3-12(11-23)24-17(14(16(19)26)15(18)21-24)20-4-6-22-7-9-27-10-8-22/h2,12,20H,1,3-11H2,(H2,19,26)/t12-/m0/s1. The molecule has 0 bridgehead atoms. The molecule has 0 aromatic carbocycles. The van der Waals surface area contributed by atoms with Crippen LogP contribution in [0, 0.1) is 0 Å². The Morgan fingerprint density at radius 3 is 2.78 bits per heavy atom. The molecule has 1 atom stereocenters. The average molecular weight is 441 g/mol. The Kier molecular flexibility index (Phi) is 6.51. The topological polar surface area (TPSA) is 106 Å². The number of rotatable bonds is 7. The number of primary amides is 1. The summed E-state index contributed by atoms with van der Waals surface area (Å²) < 4.78 is 7.55. The molecular weight excluding hydrogens is 416 g/mol. The predicted octanol–water partition coefficient (Wildman–Crippen LogP) is 0.448. The number of likely N-dealkylation sites (tertiary alicyclic amines) is 1. The molecule has 9 nitrogen and oxygen atoms in total. The van der Waals surface area contributed by atoms with Crippen molar-refractivity contribution in [2.45, 2.75) is 12.5 Å². The number of nitrogens with zero attached hydrogens (tertiary/aromatic N) is 4. The molecule has 2 aliphatic heterocycles. The van der Waals surface area contributed by atoms with Crippen molar-refractivity contribution in [3.8, 4) is 0 Å². The van der Waals surface area contributed by atoms with Gasteiger partial charge < -0.3 is 20.7 Å². The quantitative estimate of drug-likeness (QED) is 0.596. The number of hydrogen-bond donors (Lipinski definition) is 2. The highest BCUT2D eigenvalue weighted by Crippen LogP contribution is 2.31. The molecule has 2 aliphatic rings. The molecule has 0 radical (unpaired) electrons. The fraction of sp³-hybridized carbons (Fsp3) is 0.588. The Morgan fingerprint density at radius 1 is 1.37 bits per heavy atom. The van der Waals surface area contributed by atoms with E-state index < -0.39 is 5.91 Å². The van der Waals surface area contributed by atoms with Gasteiger partial charge in [-0.3, -0.25) is 14.5 Å². The number of anilines is 1. The lowest BCUT2D eigenvalue weighted by Crippen LogP contribution is -2.39. The van der Waals surface area contributed by atoms with Gasteiger partial charge >= 0.3 is 0 Å². The number of carbonyl (C=O) groups is 2. The van der Waals surface area contributed by atoms with Gasteiger partial charge in [0.2, 0.25) is 5.91 Å². The summed E-state index contributed by atoms with van der Waals surface area (Å²) in [5, 5.41) is 7.80. The van der Waals surface area contributed by atoms with Gasteiger partial charge in [0, 0.05) is 39.3 Å². The summed E-state index contributed by atoms with van der Waals surface area (Å²) in [6.45, 7) is 9.45. The van der Waals surface area contributed by atoms with Gasteiger partial charge in [-0.15, -0.1) is 0 Å². The summed E-state index contributed by atoms with van der Waals surface area (Å²) in [6, 6.07) is -0.0239.